The number of benzene rings is 1. The molecule has 0 bridgehead atoms. The summed E-state index contributed by atoms with van der Waals surface area (Å²) < 4.78 is 16.2. The summed E-state index contributed by atoms with van der Waals surface area (Å²) in [6, 6.07) is 7.35. The first-order chi connectivity index (χ1) is 11.8. The molecule has 3 rings (SSSR count). The lowest BCUT2D eigenvalue weighted by molar-refractivity contribution is 0.0532. The minimum Gasteiger partial charge on any atom is -0.496 e. The topological polar surface area (TPSA) is 89.7 Å². The van der Waals surface area contributed by atoms with Crippen molar-refractivity contribution in [3.63, 3.8) is 0 Å². The van der Waals surface area contributed by atoms with Crippen molar-refractivity contribution in [3.05, 3.63) is 30.2 Å². The largest absolute Gasteiger partial charge is 0.496 e. The molecule has 0 radical (unpaired) electrons. The minimum atomic E-state index is -0.0947. The molecule has 0 saturated carbocycles. The van der Waals surface area contributed by atoms with E-state index in [9.17, 15) is 4.79 Å². The lowest BCUT2D eigenvalue weighted by Gasteiger charge is -2.26. The van der Waals surface area contributed by atoms with E-state index in [1.54, 1.807) is 12.0 Å². The maximum Gasteiger partial charge on any atom is 0.317 e. The highest BCUT2D eigenvalue weighted by molar-refractivity contribution is 5.74. The van der Waals surface area contributed by atoms with E-state index >= 15 is 0 Å². The smallest absolute Gasteiger partial charge is 0.317 e. The van der Waals surface area contributed by atoms with Gasteiger partial charge >= 0.3 is 6.03 Å². The number of methoxy groups -OCH3 is 1. The van der Waals surface area contributed by atoms with E-state index in [-0.39, 0.29) is 6.03 Å². The SMILES string of the molecule is COc1ccccc1-c1nnc(CCNC(=O)N2CCOCC2)o1. The van der Waals surface area contributed by atoms with Gasteiger partial charge in [0.1, 0.15) is 5.75 Å². The molecule has 1 aromatic carbocycles. The van der Waals surface area contributed by atoms with Crippen molar-refractivity contribution in [1.82, 2.24) is 20.4 Å². The van der Waals surface area contributed by atoms with Crippen LogP contribution in [0.3, 0.4) is 0 Å². The molecule has 0 unspecified atom stereocenters. The molecule has 2 heterocycles. The summed E-state index contributed by atoms with van der Waals surface area (Å²) in [7, 11) is 1.59. The predicted molar refractivity (Wildman–Crippen MR) is 85.8 cm³/mol. The maximum absolute atomic E-state index is 12.0. The molecular formula is C16H20N4O4. The zero-order chi connectivity index (χ0) is 16.8. The van der Waals surface area contributed by atoms with Gasteiger partial charge in [-0.1, -0.05) is 12.1 Å². The number of nitrogens with zero attached hydrogens (tertiary/aromatic N) is 3. The molecule has 24 heavy (non-hydrogen) atoms. The third-order valence-electron chi connectivity index (χ3n) is 3.72. The standard InChI is InChI=1S/C16H20N4O4/c1-22-13-5-3-2-4-12(13)15-19-18-14(24-15)6-7-17-16(21)20-8-10-23-11-9-20/h2-5H,6-11H2,1H3,(H,17,21). The number of hydrogen-bond donors (Lipinski definition) is 1. The van der Waals surface area contributed by atoms with Crippen LogP contribution in [0.4, 0.5) is 4.79 Å². The molecule has 2 amide bonds. The summed E-state index contributed by atoms with van der Waals surface area (Å²) in [6.45, 7) is 2.83. The van der Waals surface area contributed by atoms with Crippen LogP contribution in [0.1, 0.15) is 5.89 Å². The van der Waals surface area contributed by atoms with Crippen LogP contribution in [0.25, 0.3) is 11.5 Å². The number of urea groups is 1. The Morgan fingerprint density at radius 3 is 2.88 bits per heavy atom. The number of ether oxygens (including phenoxy) is 2. The second-order valence-electron chi connectivity index (χ2n) is 5.28. The number of aromatic nitrogens is 2. The lowest BCUT2D eigenvalue weighted by Crippen LogP contribution is -2.46. The van der Waals surface area contributed by atoms with Crippen LogP contribution in [0.5, 0.6) is 5.75 Å². The number of hydrogen-bond acceptors (Lipinski definition) is 6. The normalized spacial score (nSPS) is 14.5. The van der Waals surface area contributed by atoms with Gasteiger partial charge in [-0.15, -0.1) is 10.2 Å². The van der Waals surface area contributed by atoms with Gasteiger partial charge in [-0.2, -0.15) is 0 Å². The Kier molecular flexibility index (Phi) is 5.27. The third kappa shape index (κ3) is 3.83. The number of para-hydroxylation sites is 1. The first-order valence-electron chi connectivity index (χ1n) is 7.84. The van der Waals surface area contributed by atoms with Gasteiger partial charge < -0.3 is 24.1 Å². The Balaban J connectivity index is 1.53. The molecule has 1 aliphatic heterocycles. The molecular weight excluding hydrogens is 312 g/mol. The molecule has 8 heteroatoms. The molecule has 1 fully saturated rings. The van der Waals surface area contributed by atoms with Gasteiger partial charge in [-0.3, -0.25) is 0 Å². The average molecular weight is 332 g/mol. The second kappa shape index (κ2) is 7.78. The fraction of sp³-hybridized carbons (Fsp3) is 0.438. The van der Waals surface area contributed by atoms with E-state index in [2.05, 4.69) is 15.5 Å². The van der Waals surface area contributed by atoms with Gasteiger partial charge in [0.25, 0.3) is 5.89 Å². The number of carbonyl (C=O) groups is 1. The van der Waals surface area contributed by atoms with Crippen molar-refractivity contribution in [2.45, 2.75) is 6.42 Å². The van der Waals surface area contributed by atoms with Gasteiger partial charge in [-0.25, -0.2) is 4.79 Å². The van der Waals surface area contributed by atoms with E-state index in [1.807, 2.05) is 24.3 Å². The Labute approximate surface area is 139 Å². The summed E-state index contributed by atoms with van der Waals surface area (Å²) in [5, 5.41) is 10.9. The molecule has 128 valence electrons. The Morgan fingerprint density at radius 1 is 1.29 bits per heavy atom. The van der Waals surface area contributed by atoms with Crippen LogP contribution in [-0.2, 0) is 11.2 Å². The monoisotopic (exact) mass is 332 g/mol. The summed E-state index contributed by atoms with van der Waals surface area (Å²) in [6.07, 6.45) is 0.470. The van der Waals surface area contributed by atoms with Gasteiger partial charge in [0, 0.05) is 26.1 Å². The summed E-state index contributed by atoms with van der Waals surface area (Å²) in [5.74, 6) is 1.55. The molecule has 2 aromatic rings. The van der Waals surface area contributed by atoms with Gasteiger partial charge in [0.15, 0.2) is 0 Å². The molecule has 1 N–H and O–H groups in total. The molecule has 0 spiro atoms. The highest BCUT2D eigenvalue weighted by Gasteiger charge is 2.17. The van der Waals surface area contributed by atoms with E-state index < -0.39 is 0 Å². The van der Waals surface area contributed by atoms with Crippen molar-refractivity contribution in [3.8, 4) is 17.2 Å². The second-order valence-corrected chi connectivity index (χ2v) is 5.28. The van der Waals surface area contributed by atoms with E-state index in [0.29, 0.717) is 56.8 Å². The molecule has 0 aliphatic carbocycles. The van der Waals surface area contributed by atoms with Crippen molar-refractivity contribution in [1.29, 1.82) is 0 Å². The van der Waals surface area contributed by atoms with E-state index in [4.69, 9.17) is 13.9 Å². The van der Waals surface area contributed by atoms with Crippen LogP contribution in [0, 0.1) is 0 Å². The number of morpholine rings is 1. The maximum atomic E-state index is 12.0. The number of amides is 2. The van der Waals surface area contributed by atoms with Crippen LogP contribution < -0.4 is 10.1 Å². The molecule has 1 saturated heterocycles. The van der Waals surface area contributed by atoms with Gasteiger partial charge in [0.05, 0.1) is 25.9 Å². The Bertz CT molecular complexity index is 682. The number of carbonyl (C=O) groups excluding carboxylic acids is 1. The van der Waals surface area contributed by atoms with E-state index in [0.717, 1.165) is 5.56 Å². The van der Waals surface area contributed by atoms with Gasteiger partial charge in [-0.05, 0) is 12.1 Å². The fourth-order valence-electron chi connectivity index (χ4n) is 2.44. The first-order valence-corrected chi connectivity index (χ1v) is 7.84. The average Bonchev–Trinajstić information content (AvgIpc) is 3.11. The lowest BCUT2D eigenvalue weighted by atomic mass is 10.2. The zero-order valence-electron chi connectivity index (χ0n) is 13.5. The summed E-state index contributed by atoms with van der Waals surface area (Å²) >= 11 is 0. The minimum absolute atomic E-state index is 0.0947. The van der Waals surface area contributed by atoms with Crippen LogP contribution in [0.2, 0.25) is 0 Å². The van der Waals surface area contributed by atoms with Crippen molar-refractivity contribution in [2.24, 2.45) is 0 Å². The van der Waals surface area contributed by atoms with E-state index in [1.165, 1.54) is 0 Å². The van der Waals surface area contributed by atoms with Gasteiger partial charge in [0.2, 0.25) is 5.89 Å². The highest BCUT2D eigenvalue weighted by Crippen LogP contribution is 2.28. The Morgan fingerprint density at radius 2 is 2.08 bits per heavy atom. The zero-order valence-corrected chi connectivity index (χ0v) is 13.5. The fourth-order valence-corrected chi connectivity index (χ4v) is 2.44. The van der Waals surface area contributed by atoms with Crippen molar-refractivity contribution >= 4 is 6.03 Å². The predicted octanol–water partition coefficient (Wildman–Crippen LogP) is 1.33. The first kappa shape index (κ1) is 16.3. The number of rotatable bonds is 5. The third-order valence-corrected chi connectivity index (χ3v) is 3.72. The molecule has 1 aromatic heterocycles. The Hall–Kier alpha value is -2.61. The van der Waals surface area contributed by atoms with Crippen molar-refractivity contribution in [2.75, 3.05) is 40.0 Å². The highest BCUT2D eigenvalue weighted by atomic mass is 16.5. The summed E-state index contributed by atoms with van der Waals surface area (Å²) in [5.41, 5.74) is 0.746. The summed E-state index contributed by atoms with van der Waals surface area (Å²) in [4.78, 5) is 13.7. The van der Waals surface area contributed by atoms with Crippen LogP contribution in [-0.4, -0.2) is 61.1 Å². The molecule has 0 atom stereocenters. The van der Waals surface area contributed by atoms with Crippen LogP contribution >= 0.6 is 0 Å². The molecule has 8 nitrogen and oxygen atoms in total. The molecule has 1 aliphatic rings. The quantitative estimate of drug-likeness (QED) is 0.888. The van der Waals surface area contributed by atoms with Crippen molar-refractivity contribution < 1.29 is 18.7 Å². The van der Waals surface area contributed by atoms with Crippen LogP contribution in [0.15, 0.2) is 28.7 Å². The number of nitrogens with one attached hydrogen (secondary N) is 1.